The summed E-state index contributed by atoms with van der Waals surface area (Å²) in [5.74, 6) is -1.01. The van der Waals surface area contributed by atoms with Crippen LogP contribution in [0.4, 0.5) is 0 Å². The monoisotopic (exact) mass is 205 g/mol. The number of hydrogen-bond acceptors (Lipinski definition) is 3. The molecule has 0 spiro atoms. The number of carbonyl (C=O) groups is 3. The normalized spacial score (nSPS) is 32.7. The molecule has 2 atom stereocenters. The van der Waals surface area contributed by atoms with Gasteiger partial charge in [0.2, 0.25) is 11.8 Å². The molecule has 4 nitrogen and oxygen atoms in total. The molecule has 0 aromatic rings. The summed E-state index contributed by atoms with van der Waals surface area (Å²) in [6.45, 7) is 0. The Labute approximate surface area is 87.0 Å². The molecule has 2 rings (SSSR count). The molecular formula is C11H11NO3. The molecule has 2 amide bonds. The second kappa shape index (κ2) is 3.46. The van der Waals surface area contributed by atoms with E-state index < -0.39 is 11.3 Å². The second-order valence-corrected chi connectivity index (χ2v) is 3.79. The Morgan fingerprint density at radius 2 is 2.20 bits per heavy atom. The summed E-state index contributed by atoms with van der Waals surface area (Å²) in [5.41, 5.74) is -0.827. The van der Waals surface area contributed by atoms with E-state index in [9.17, 15) is 14.4 Å². The first kappa shape index (κ1) is 9.83. The molecular weight excluding hydrogens is 194 g/mol. The molecule has 78 valence electrons. The molecule has 1 aliphatic heterocycles. The highest BCUT2D eigenvalue weighted by Gasteiger charge is 2.52. The van der Waals surface area contributed by atoms with Crippen molar-refractivity contribution in [3.8, 4) is 0 Å². The van der Waals surface area contributed by atoms with Crippen molar-refractivity contribution in [1.29, 1.82) is 0 Å². The van der Waals surface area contributed by atoms with Crippen molar-refractivity contribution in [2.45, 2.75) is 12.8 Å². The van der Waals surface area contributed by atoms with Crippen LogP contribution in [0.3, 0.4) is 0 Å². The van der Waals surface area contributed by atoms with Crippen LogP contribution in [-0.2, 0) is 14.4 Å². The van der Waals surface area contributed by atoms with Gasteiger partial charge >= 0.3 is 0 Å². The number of nitrogens with one attached hydrogen (secondary N) is 1. The minimum atomic E-state index is -0.827. The van der Waals surface area contributed by atoms with Gasteiger partial charge in [0.05, 0.1) is 11.3 Å². The number of hydrogen-bond donors (Lipinski definition) is 1. The lowest BCUT2D eigenvalue weighted by atomic mass is 9.71. The molecule has 0 bridgehead atoms. The second-order valence-electron chi connectivity index (χ2n) is 3.79. The Hall–Kier alpha value is -1.71. The first-order valence-corrected chi connectivity index (χ1v) is 4.86. The highest BCUT2D eigenvalue weighted by atomic mass is 16.2. The van der Waals surface area contributed by atoms with Gasteiger partial charge in [-0.2, -0.15) is 0 Å². The predicted octanol–water partition coefficient (Wildman–Crippen LogP) is 0.350. The van der Waals surface area contributed by atoms with Gasteiger partial charge in [-0.3, -0.25) is 14.9 Å². The van der Waals surface area contributed by atoms with Crippen LogP contribution < -0.4 is 5.32 Å². The number of imide groups is 1. The van der Waals surface area contributed by atoms with Crippen LogP contribution >= 0.6 is 0 Å². The molecule has 15 heavy (non-hydrogen) atoms. The largest absolute Gasteiger partial charge is 0.303 e. The Morgan fingerprint density at radius 1 is 1.40 bits per heavy atom. The van der Waals surface area contributed by atoms with E-state index in [2.05, 4.69) is 5.32 Å². The first-order chi connectivity index (χ1) is 7.20. The van der Waals surface area contributed by atoms with Crippen LogP contribution in [0.1, 0.15) is 12.8 Å². The number of amides is 2. The summed E-state index contributed by atoms with van der Waals surface area (Å²) < 4.78 is 0. The minimum Gasteiger partial charge on any atom is -0.303 e. The maximum atomic E-state index is 11.7. The third-order valence-corrected chi connectivity index (χ3v) is 2.98. The van der Waals surface area contributed by atoms with E-state index in [0.717, 1.165) is 6.29 Å². The summed E-state index contributed by atoms with van der Waals surface area (Å²) in [6.07, 6.45) is 8.39. The van der Waals surface area contributed by atoms with Gasteiger partial charge in [-0.05, 0) is 6.42 Å². The number of rotatable bonds is 3. The number of aldehydes is 1. The summed E-state index contributed by atoms with van der Waals surface area (Å²) in [4.78, 5) is 33.6. The molecule has 1 heterocycles. The van der Waals surface area contributed by atoms with E-state index in [1.165, 1.54) is 0 Å². The molecule has 4 heteroatoms. The van der Waals surface area contributed by atoms with Crippen molar-refractivity contribution in [3.63, 3.8) is 0 Å². The number of allylic oxidation sites excluding steroid dienone is 2. The van der Waals surface area contributed by atoms with Gasteiger partial charge in [-0.15, -0.1) is 0 Å². The predicted molar refractivity (Wildman–Crippen MR) is 52.7 cm³/mol. The average molecular weight is 205 g/mol. The van der Waals surface area contributed by atoms with Gasteiger partial charge in [0, 0.05) is 6.42 Å². The summed E-state index contributed by atoms with van der Waals surface area (Å²) >= 11 is 0. The van der Waals surface area contributed by atoms with Gasteiger partial charge in [0.25, 0.3) is 0 Å². The lowest BCUT2D eigenvalue weighted by molar-refractivity contribution is -0.127. The summed E-state index contributed by atoms with van der Waals surface area (Å²) in [7, 11) is 0. The SMILES string of the molecule is O=CCCC12C=CC=CC1C(=O)NC2=O. The summed E-state index contributed by atoms with van der Waals surface area (Å²) in [5, 5.41) is 2.31. The third kappa shape index (κ3) is 1.33. The van der Waals surface area contributed by atoms with Crippen LogP contribution in [0, 0.1) is 11.3 Å². The Bertz CT molecular complexity index is 383. The highest BCUT2D eigenvalue weighted by Crippen LogP contribution is 2.41. The van der Waals surface area contributed by atoms with Gasteiger partial charge in [0.1, 0.15) is 6.29 Å². The number of carbonyl (C=O) groups excluding carboxylic acids is 3. The molecule has 1 fully saturated rings. The molecule has 0 saturated carbocycles. The molecule has 2 aliphatic rings. The number of fused-ring (bicyclic) bond motifs is 1. The van der Waals surface area contributed by atoms with Crippen molar-refractivity contribution in [2.75, 3.05) is 0 Å². The van der Waals surface area contributed by atoms with Gasteiger partial charge in [-0.25, -0.2) is 0 Å². The van der Waals surface area contributed by atoms with Crippen molar-refractivity contribution in [3.05, 3.63) is 24.3 Å². The zero-order valence-corrected chi connectivity index (χ0v) is 8.10. The lowest BCUT2D eigenvalue weighted by Gasteiger charge is -2.27. The lowest BCUT2D eigenvalue weighted by Crippen LogP contribution is -2.33. The molecule has 1 saturated heterocycles. The first-order valence-electron chi connectivity index (χ1n) is 4.86. The fraction of sp³-hybridized carbons (Fsp3) is 0.364. The van der Waals surface area contributed by atoms with Crippen molar-refractivity contribution in [1.82, 2.24) is 5.32 Å². The fourth-order valence-corrected chi connectivity index (χ4v) is 2.17. The molecule has 0 aromatic carbocycles. The maximum absolute atomic E-state index is 11.7. The van der Waals surface area contributed by atoms with Crippen LogP contribution in [-0.4, -0.2) is 18.1 Å². The molecule has 1 aliphatic carbocycles. The Kier molecular flexibility index (Phi) is 2.26. The average Bonchev–Trinajstić information content (AvgIpc) is 2.50. The molecule has 1 N–H and O–H groups in total. The molecule has 2 unspecified atom stereocenters. The highest BCUT2D eigenvalue weighted by molar-refractivity contribution is 6.09. The van der Waals surface area contributed by atoms with Crippen molar-refractivity contribution >= 4 is 18.1 Å². The molecule has 0 aromatic heterocycles. The summed E-state index contributed by atoms with van der Waals surface area (Å²) in [6, 6.07) is 0. The van der Waals surface area contributed by atoms with Gasteiger partial charge < -0.3 is 4.79 Å². The third-order valence-electron chi connectivity index (χ3n) is 2.98. The van der Waals surface area contributed by atoms with E-state index in [-0.39, 0.29) is 18.2 Å². The fourth-order valence-electron chi connectivity index (χ4n) is 2.17. The van der Waals surface area contributed by atoms with Crippen LogP contribution in [0.15, 0.2) is 24.3 Å². The zero-order valence-electron chi connectivity index (χ0n) is 8.10. The van der Waals surface area contributed by atoms with Crippen LogP contribution in [0.5, 0.6) is 0 Å². The quantitative estimate of drug-likeness (QED) is 0.534. The van der Waals surface area contributed by atoms with E-state index >= 15 is 0 Å². The van der Waals surface area contributed by atoms with E-state index in [4.69, 9.17) is 0 Å². The van der Waals surface area contributed by atoms with Gasteiger partial charge in [0.15, 0.2) is 0 Å². The maximum Gasteiger partial charge on any atom is 0.237 e. The minimum absolute atomic E-state index is 0.272. The molecule has 0 radical (unpaired) electrons. The van der Waals surface area contributed by atoms with Crippen LogP contribution in [0.25, 0.3) is 0 Å². The van der Waals surface area contributed by atoms with E-state index in [1.807, 2.05) is 0 Å². The van der Waals surface area contributed by atoms with E-state index in [1.54, 1.807) is 24.3 Å². The Balaban J connectivity index is 2.35. The van der Waals surface area contributed by atoms with Crippen molar-refractivity contribution < 1.29 is 14.4 Å². The van der Waals surface area contributed by atoms with Crippen molar-refractivity contribution in [2.24, 2.45) is 11.3 Å². The van der Waals surface area contributed by atoms with Gasteiger partial charge in [-0.1, -0.05) is 24.3 Å². The van der Waals surface area contributed by atoms with Crippen LogP contribution in [0.2, 0.25) is 0 Å². The van der Waals surface area contributed by atoms with E-state index in [0.29, 0.717) is 6.42 Å². The zero-order chi connectivity index (χ0) is 10.9. The smallest absolute Gasteiger partial charge is 0.237 e. The Morgan fingerprint density at radius 3 is 2.93 bits per heavy atom. The standard InChI is InChI=1S/C11H11NO3/c13-7-3-6-11-5-2-1-4-8(11)9(14)12-10(11)15/h1-2,4-5,7-8H,3,6H2,(H,12,14,15). The topological polar surface area (TPSA) is 63.2 Å².